The van der Waals surface area contributed by atoms with Gasteiger partial charge in [-0.25, -0.2) is 0 Å². The third-order valence-corrected chi connectivity index (χ3v) is 3.37. The fourth-order valence-electron chi connectivity index (χ4n) is 1.86. The molecule has 1 fully saturated rings. The molecule has 0 radical (unpaired) electrons. The van der Waals surface area contributed by atoms with Crippen LogP contribution in [-0.4, -0.2) is 40.7 Å². The molecule has 0 bridgehead atoms. The number of aliphatic hydroxyl groups is 2. The van der Waals surface area contributed by atoms with Gasteiger partial charge in [0, 0.05) is 0 Å². The van der Waals surface area contributed by atoms with Crippen LogP contribution in [0.5, 0.6) is 0 Å². The normalized spacial score (nSPS) is 43.0. The molecule has 0 saturated carbocycles. The molecule has 0 aliphatic carbocycles. The van der Waals surface area contributed by atoms with E-state index in [0.29, 0.717) is 0 Å². The van der Waals surface area contributed by atoms with Gasteiger partial charge in [-0.3, -0.25) is 0 Å². The van der Waals surface area contributed by atoms with E-state index < -0.39 is 18.3 Å². The van der Waals surface area contributed by atoms with Gasteiger partial charge in [0.25, 0.3) is 0 Å². The summed E-state index contributed by atoms with van der Waals surface area (Å²) in [6.07, 6.45) is -2.81. The molecule has 1 rings (SSSR count). The second kappa shape index (κ2) is 4.83. The topological polar surface area (TPSA) is 58.9 Å². The Bertz CT molecular complexity index is 216. The summed E-state index contributed by atoms with van der Waals surface area (Å²) in [5, 5.41) is 19.8. The summed E-state index contributed by atoms with van der Waals surface area (Å²) in [5.41, 5.74) is -0.179. The molecule has 2 N–H and O–H groups in total. The highest BCUT2D eigenvalue weighted by Crippen LogP contribution is 2.34. The van der Waals surface area contributed by atoms with Gasteiger partial charge < -0.3 is 18.0 Å². The number of aliphatic hydroxyl groups excluding tert-OH is 2. The van der Waals surface area contributed by atoms with Crippen LogP contribution in [0.4, 0.5) is 0 Å². The zero-order valence-corrected chi connectivity index (χ0v) is 11.6. The van der Waals surface area contributed by atoms with Crippen LogP contribution in [0, 0.1) is 5.41 Å². The van der Waals surface area contributed by atoms with Crippen LogP contribution in [0.1, 0.15) is 27.7 Å². The Hall–Kier alpha value is 0.570. The molecule has 0 aromatic heterocycles. The molecule has 5 atom stereocenters. The van der Waals surface area contributed by atoms with Gasteiger partial charge >= 0.3 is 0 Å². The Morgan fingerprint density at radius 3 is 2.13 bits per heavy atom. The third-order valence-electron chi connectivity index (χ3n) is 2.78. The molecule has 5 heteroatoms. The lowest BCUT2D eigenvalue weighted by Gasteiger charge is -2.45. The summed E-state index contributed by atoms with van der Waals surface area (Å²) in [6.45, 7) is 7.78. The largest absolute Gasteiger partial charge is 0.388 e. The van der Waals surface area contributed by atoms with Crippen molar-refractivity contribution in [2.75, 3.05) is 0 Å². The van der Waals surface area contributed by atoms with Gasteiger partial charge in [-0.1, -0.05) is 20.8 Å². The maximum atomic E-state index is 10.0. The Balaban J connectivity index is 2.85. The first kappa shape index (κ1) is 13.6. The van der Waals surface area contributed by atoms with Crippen LogP contribution in [0.25, 0.3) is 0 Å². The molecule has 1 aliphatic rings. The molecule has 15 heavy (non-hydrogen) atoms. The van der Waals surface area contributed by atoms with Crippen LogP contribution in [0.2, 0.25) is 0 Å². The van der Waals surface area contributed by atoms with Gasteiger partial charge in [-0.05, 0) is 12.3 Å². The first-order chi connectivity index (χ1) is 6.79. The predicted molar refractivity (Wildman–Crippen MR) is 64.7 cm³/mol. The highest BCUT2D eigenvalue weighted by atomic mass is 127. The van der Waals surface area contributed by atoms with Crippen LogP contribution >= 0.6 is 23.0 Å². The van der Waals surface area contributed by atoms with E-state index >= 15 is 0 Å². The van der Waals surface area contributed by atoms with E-state index in [-0.39, 0.29) is 17.6 Å². The zero-order valence-electron chi connectivity index (χ0n) is 9.48. The summed E-state index contributed by atoms with van der Waals surface area (Å²) in [7, 11) is 0. The van der Waals surface area contributed by atoms with Gasteiger partial charge in [-0.15, -0.1) is 0 Å². The average molecular weight is 330 g/mol. The molecular weight excluding hydrogens is 311 g/mol. The molecule has 0 aromatic carbocycles. The van der Waals surface area contributed by atoms with Crippen molar-refractivity contribution < 1.29 is 18.0 Å². The smallest absolute Gasteiger partial charge is 0.127 e. The number of hydrogen-bond acceptors (Lipinski definition) is 4. The second-order valence-electron chi connectivity index (χ2n) is 5.16. The molecule has 1 aliphatic heterocycles. The van der Waals surface area contributed by atoms with Crippen molar-refractivity contribution >= 4 is 23.0 Å². The minimum atomic E-state index is -0.798. The second-order valence-corrected chi connectivity index (χ2v) is 5.67. The molecule has 1 saturated heterocycles. The van der Waals surface area contributed by atoms with Crippen molar-refractivity contribution in [3.63, 3.8) is 0 Å². The van der Waals surface area contributed by atoms with E-state index in [0.717, 1.165) is 0 Å². The molecule has 0 amide bonds. The minimum absolute atomic E-state index is 0.179. The first-order valence-electron chi connectivity index (χ1n) is 5.08. The SMILES string of the molecule is CC1OC(C(C)(C)C)[C@H](O)C(OI)[C@@H]1O. The molecular formula is C10H19IO4. The molecule has 4 nitrogen and oxygen atoms in total. The predicted octanol–water partition coefficient (Wildman–Crippen LogP) is 1.28. The lowest BCUT2D eigenvalue weighted by Crippen LogP contribution is -2.60. The van der Waals surface area contributed by atoms with E-state index in [2.05, 4.69) is 0 Å². The molecule has 1 heterocycles. The highest BCUT2D eigenvalue weighted by molar-refractivity contribution is 14.1. The average Bonchev–Trinajstić information content (AvgIpc) is 2.10. The summed E-state index contributed by atoms with van der Waals surface area (Å²) in [6, 6.07) is 0. The summed E-state index contributed by atoms with van der Waals surface area (Å²) in [5.74, 6) is 0. The zero-order chi connectivity index (χ0) is 11.8. The molecule has 0 aromatic rings. The fourth-order valence-corrected chi connectivity index (χ4v) is 2.46. The number of rotatable bonds is 1. The van der Waals surface area contributed by atoms with E-state index in [1.807, 2.05) is 20.8 Å². The van der Waals surface area contributed by atoms with Crippen molar-refractivity contribution in [2.24, 2.45) is 5.41 Å². The Morgan fingerprint density at radius 2 is 1.73 bits per heavy atom. The quantitative estimate of drug-likeness (QED) is 0.711. The molecule has 0 spiro atoms. The monoisotopic (exact) mass is 330 g/mol. The van der Waals surface area contributed by atoms with Crippen LogP contribution in [0.3, 0.4) is 0 Å². The maximum Gasteiger partial charge on any atom is 0.127 e. The maximum absolute atomic E-state index is 10.0. The summed E-state index contributed by atoms with van der Waals surface area (Å²) >= 11 is 1.71. The fraction of sp³-hybridized carbons (Fsp3) is 1.00. The van der Waals surface area contributed by atoms with Gasteiger partial charge in [0.15, 0.2) is 0 Å². The number of hydrogen-bond donors (Lipinski definition) is 2. The first-order valence-corrected chi connectivity index (χ1v) is 5.96. The standard InChI is InChI=1S/C10H19IO4/c1-5-6(12)8(15-11)7(13)9(14-5)10(2,3)4/h5-9,12-13H,1-4H3/t5?,6-,7-,8?,9?/m1/s1. The van der Waals surface area contributed by atoms with Gasteiger partial charge in [0.05, 0.1) is 12.2 Å². The van der Waals surface area contributed by atoms with E-state index in [9.17, 15) is 10.2 Å². The minimum Gasteiger partial charge on any atom is -0.388 e. The van der Waals surface area contributed by atoms with Crippen molar-refractivity contribution in [3.05, 3.63) is 0 Å². The number of halogens is 1. The van der Waals surface area contributed by atoms with Crippen molar-refractivity contribution in [2.45, 2.75) is 58.2 Å². The van der Waals surface area contributed by atoms with Crippen molar-refractivity contribution in [3.8, 4) is 0 Å². The summed E-state index contributed by atoms with van der Waals surface area (Å²) in [4.78, 5) is 0. The van der Waals surface area contributed by atoms with Gasteiger partial charge in [-0.2, -0.15) is 0 Å². The van der Waals surface area contributed by atoms with Crippen LogP contribution in [0.15, 0.2) is 0 Å². The van der Waals surface area contributed by atoms with E-state index in [1.165, 1.54) is 0 Å². The highest BCUT2D eigenvalue weighted by Gasteiger charge is 2.47. The van der Waals surface area contributed by atoms with Crippen molar-refractivity contribution in [1.29, 1.82) is 0 Å². The van der Waals surface area contributed by atoms with Gasteiger partial charge in [0.2, 0.25) is 0 Å². The van der Waals surface area contributed by atoms with Crippen LogP contribution < -0.4 is 0 Å². The summed E-state index contributed by atoms with van der Waals surface area (Å²) < 4.78 is 10.7. The van der Waals surface area contributed by atoms with Gasteiger partial charge in [0.1, 0.15) is 41.3 Å². The van der Waals surface area contributed by atoms with E-state index in [4.69, 9.17) is 7.80 Å². The Morgan fingerprint density at radius 1 is 1.20 bits per heavy atom. The molecule has 90 valence electrons. The third kappa shape index (κ3) is 2.82. The Kier molecular flexibility index (Phi) is 4.39. The van der Waals surface area contributed by atoms with Crippen LogP contribution in [-0.2, 0) is 7.80 Å². The number of ether oxygens (including phenoxy) is 1. The molecule has 3 unspecified atom stereocenters. The Labute approximate surface area is 105 Å². The lowest BCUT2D eigenvalue weighted by molar-refractivity contribution is -0.227. The van der Waals surface area contributed by atoms with Crippen molar-refractivity contribution in [1.82, 2.24) is 0 Å². The lowest BCUT2D eigenvalue weighted by atomic mass is 9.80. The van der Waals surface area contributed by atoms with E-state index in [1.54, 1.807) is 29.9 Å².